The van der Waals surface area contributed by atoms with Crippen LogP contribution in [-0.2, 0) is 6.42 Å². The van der Waals surface area contributed by atoms with Crippen molar-refractivity contribution in [3.05, 3.63) is 88.6 Å². The fourth-order valence-corrected chi connectivity index (χ4v) is 4.54. The van der Waals surface area contributed by atoms with E-state index in [0.717, 1.165) is 18.7 Å². The Hall–Kier alpha value is -2.38. The normalized spacial score (nSPS) is 16.2. The predicted molar refractivity (Wildman–Crippen MR) is 120 cm³/mol. The molecule has 3 aromatic rings. The molecule has 0 bridgehead atoms. The molecule has 0 fully saturated rings. The highest BCUT2D eigenvalue weighted by Gasteiger charge is 2.19. The van der Waals surface area contributed by atoms with Crippen molar-refractivity contribution < 1.29 is 0 Å². The average molecular weight is 388 g/mol. The number of nitrogens with zero attached hydrogens (tertiary/aromatic N) is 1. The van der Waals surface area contributed by atoms with Crippen LogP contribution in [-0.4, -0.2) is 10.9 Å². The lowest BCUT2D eigenvalue weighted by Crippen LogP contribution is -2.35. The number of benzene rings is 2. The lowest BCUT2D eigenvalue weighted by molar-refractivity contribution is 0.569. The van der Waals surface area contributed by atoms with Crippen LogP contribution in [0.2, 0.25) is 0 Å². The van der Waals surface area contributed by atoms with Crippen LogP contribution in [0, 0.1) is 0 Å². The maximum absolute atomic E-state index is 5.91. The first-order valence-electron chi connectivity index (χ1n) is 10.2. The number of pyridine rings is 1. The van der Waals surface area contributed by atoms with Gasteiger partial charge < -0.3 is 0 Å². The zero-order valence-corrected chi connectivity index (χ0v) is 16.9. The smallest absolute Gasteiger partial charge is 0.0267 e. The maximum atomic E-state index is 5.91. The Bertz CT molecular complexity index is 1010. The van der Waals surface area contributed by atoms with E-state index in [4.69, 9.17) is 11.6 Å². The van der Waals surface area contributed by atoms with E-state index in [2.05, 4.69) is 53.5 Å². The van der Waals surface area contributed by atoms with E-state index in [1.54, 1.807) is 18.0 Å². The van der Waals surface area contributed by atoms with Crippen molar-refractivity contribution in [3.63, 3.8) is 0 Å². The van der Waals surface area contributed by atoms with Crippen molar-refractivity contribution in [3.8, 4) is 11.1 Å². The quantitative estimate of drug-likeness (QED) is 0.544. The van der Waals surface area contributed by atoms with Gasteiger partial charge in [-0.2, -0.15) is 0 Å². The number of alkyl halides is 1. The number of hydrogen-bond donors (Lipinski definition) is 0. The molecule has 1 aromatic heterocycles. The molecule has 5 rings (SSSR count). The lowest BCUT2D eigenvalue weighted by Gasteiger charge is -2.24. The molecule has 1 heterocycles. The minimum atomic E-state index is 0.689. The van der Waals surface area contributed by atoms with Crippen LogP contribution in [0.4, 0.5) is 0 Å². The van der Waals surface area contributed by atoms with E-state index in [1.165, 1.54) is 46.4 Å². The van der Waals surface area contributed by atoms with Crippen molar-refractivity contribution in [2.24, 2.45) is 0 Å². The minimum Gasteiger partial charge on any atom is -0.265 e. The standard InChI is InChI=1S/C21H21Cl.C5H5N/c22-14-4-7-15-6-3-9-19-18(15)12-13-20-17-8-2-1-5-16(17)10-11-21(19)20;1-2-4-6-5-3-1/h1-2,5,8-9,11-13,15H,3-4,6-7,10,14H2;1-5H. The molecule has 142 valence electrons. The van der Waals surface area contributed by atoms with E-state index in [-0.39, 0.29) is 0 Å². The largest absolute Gasteiger partial charge is 0.265 e. The zero-order chi connectivity index (χ0) is 19.2. The van der Waals surface area contributed by atoms with Crippen molar-refractivity contribution in [2.75, 3.05) is 5.88 Å². The molecule has 1 atom stereocenters. The van der Waals surface area contributed by atoms with Crippen LogP contribution in [0.1, 0.15) is 42.7 Å². The van der Waals surface area contributed by atoms with Crippen LogP contribution < -0.4 is 10.4 Å². The highest BCUT2D eigenvalue weighted by Crippen LogP contribution is 2.30. The van der Waals surface area contributed by atoms with Gasteiger partial charge in [0.25, 0.3) is 0 Å². The SMILES string of the molecule is ClCCCC1CCC=c2c1ccc1c2=CCc2ccccc2-1.c1ccncc1. The zero-order valence-electron chi connectivity index (χ0n) is 16.2. The predicted octanol–water partition coefficient (Wildman–Crippen LogP) is 5.45. The van der Waals surface area contributed by atoms with Crippen LogP contribution in [0.5, 0.6) is 0 Å². The second kappa shape index (κ2) is 9.21. The number of rotatable bonds is 3. The Morgan fingerprint density at radius 2 is 1.71 bits per heavy atom. The first-order chi connectivity index (χ1) is 13.9. The molecule has 0 spiro atoms. The van der Waals surface area contributed by atoms with Gasteiger partial charge in [0.1, 0.15) is 0 Å². The Morgan fingerprint density at radius 3 is 2.46 bits per heavy atom. The van der Waals surface area contributed by atoms with Crippen LogP contribution in [0.3, 0.4) is 0 Å². The lowest BCUT2D eigenvalue weighted by atomic mass is 9.81. The summed E-state index contributed by atoms with van der Waals surface area (Å²) in [6.07, 6.45) is 14.3. The molecule has 0 amide bonds. The molecule has 0 N–H and O–H groups in total. The summed E-state index contributed by atoms with van der Waals surface area (Å²) in [5, 5.41) is 2.96. The number of aromatic nitrogens is 1. The Morgan fingerprint density at radius 1 is 0.857 bits per heavy atom. The van der Waals surface area contributed by atoms with Gasteiger partial charge in [-0.05, 0) is 82.8 Å². The number of hydrogen-bond acceptors (Lipinski definition) is 1. The number of fused-ring (bicyclic) bond motifs is 5. The van der Waals surface area contributed by atoms with Gasteiger partial charge in [0.05, 0.1) is 0 Å². The first kappa shape index (κ1) is 19.0. The molecule has 0 saturated carbocycles. The summed E-state index contributed by atoms with van der Waals surface area (Å²) in [5.41, 5.74) is 5.82. The van der Waals surface area contributed by atoms with Gasteiger partial charge in [0.2, 0.25) is 0 Å². The molecule has 0 radical (unpaired) electrons. The Kier molecular flexibility index (Phi) is 6.24. The van der Waals surface area contributed by atoms with Gasteiger partial charge in [0, 0.05) is 18.3 Å². The summed E-state index contributed by atoms with van der Waals surface area (Å²) in [6, 6.07) is 19.2. The monoisotopic (exact) mass is 387 g/mol. The Labute approximate surface area is 172 Å². The second-order valence-electron chi connectivity index (χ2n) is 7.43. The molecule has 2 heteroatoms. The summed E-state index contributed by atoms with van der Waals surface area (Å²) < 4.78 is 0. The van der Waals surface area contributed by atoms with Crippen molar-refractivity contribution >= 4 is 23.8 Å². The van der Waals surface area contributed by atoms with Gasteiger partial charge in [-0.25, -0.2) is 0 Å². The molecule has 0 aliphatic heterocycles. The fourth-order valence-electron chi connectivity index (χ4n) is 4.39. The third-order valence-corrected chi connectivity index (χ3v) is 5.98. The summed E-state index contributed by atoms with van der Waals surface area (Å²) in [6.45, 7) is 0. The van der Waals surface area contributed by atoms with Gasteiger partial charge in [0.15, 0.2) is 0 Å². The molecule has 2 aromatic carbocycles. The third kappa shape index (κ3) is 4.05. The molecular weight excluding hydrogens is 362 g/mol. The van der Waals surface area contributed by atoms with E-state index >= 15 is 0 Å². The van der Waals surface area contributed by atoms with Crippen molar-refractivity contribution in [1.82, 2.24) is 4.98 Å². The molecule has 0 saturated heterocycles. The summed E-state index contributed by atoms with van der Waals surface area (Å²) in [5.74, 6) is 1.47. The highest BCUT2D eigenvalue weighted by molar-refractivity contribution is 6.17. The molecule has 1 nitrogen and oxygen atoms in total. The van der Waals surface area contributed by atoms with E-state index in [1.807, 2.05) is 18.2 Å². The van der Waals surface area contributed by atoms with Crippen LogP contribution >= 0.6 is 11.6 Å². The average Bonchev–Trinajstić information content (AvgIpc) is 2.78. The maximum Gasteiger partial charge on any atom is 0.0267 e. The third-order valence-electron chi connectivity index (χ3n) is 5.71. The molecule has 2 aliphatic rings. The topological polar surface area (TPSA) is 12.9 Å². The van der Waals surface area contributed by atoms with Crippen molar-refractivity contribution in [2.45, 2.75) is 38.0 Å². The van der Waals surface area contributed by atoms with Crippen LogP contribution in [0.15, 0.2) is 67.0 Å². The number of halogens is 1. The summed E-state index contributed by atoms with van der Waals surface area (Å²) in [7, 11) is 0. The van der Waals surface area contributed by atoms with E-state index in [0.29, 0.717) is 5.92 Å². The van der Waals surface area contributed by atoms with Gasteiger partial charge in [-0.15, -0.1) is 11.6 Å². The van der Waals surface area contributed by atoms with Crippen molar-refractivity contribution in [1.29, 1.82) is 0 Å². The van der Waals surface area contributed by atoms with E-state index < -0.39 is 0 Å². The molecule has 2 aliphatic carbocycles. The van der Waals surface area contributed by atoms with Crippen LogP contribution in [0.25, 0.3) is 23.3 Å². The van der Waals surface area contributed by atoms with Gasteiger partial charge in [-0.3, -0.25) is 4.98 Å². The van der Waals surface area contributed by atoms with Gasteiger partial charge in [-0.1, -0.05) is 54.6 Å². The Balaban J connectivity index is 0.000000275. The molecule has 1 unspecified atom stereocenters. The van der Waals surface area contributed by atoms with Gasteiger partial charge >= 0.3 is 0 Å². The second-order valence-corrected chi connectivity index (χ2v) is 7.81. The molecule has 28 heavy (non-hydrogen) atoms. The summed E-state index contributed by atoms with van der Waals surface area (Å²) in [4.78, 5) is 3.78. The first-order valence-corrected chi connectivity index (χ1v) is 10.7. The van der Waals surface area contributed by atoms with E-state index in [9.17, 15) is 0 Å². The highest BCUT2D eigenvalue weighted by atomic mass is 35.5. The molecular formula is C26H26ClN. The fraction of sp³-hybridized carbons (Fsp3) is 0.269. The summed E-state index contributed by atoms with van der Waals surface area (Å²) >= 11 is 5.91. The minimum absolute atomic E-state index is 0.689.